The van der Waals surface area contributed by atoms with E-state index in [0.717, 1.165) is 70.1 Å². The summed E-state index contributed by atoms with van der Waals surface area (Å²) < 4.78 is 0. The number of benzene rings is 1. The number of carbonyl (C=O) groups is 2. The van der Waals surface area contributed by atoms with Crippen molar-refractivity contribution in [2.24, 2.45) is 5.41 Å². The molecule has 9 heteroatoms. The predicted molar refractivity (Wildman–Crippen MR) is 134 cm³/mol. The number of ketones is 1. The Bertz CT molecular complexity index is 982. The van der Waals surface area contributed by atoms with Crippen LogP contribution in [0.1, 0.15) is 76.6 Å². The van der Waals surface area contributed by atoms with Crippen molar-refractivity contribution in [1.29, 1.82) is 0 Å². The van der Waals surface area contributed by atoms with Crippen LogP contribution in [0.2, 0.25) is 10.0 Å². The zero-order chi connectivity index (χ0) is 24.1. The second kappa shape index (κ2) is 11.2. The fourth-order valence-electron chi connectivity index (χ4n) is 5.02. The van der Waals surface area contributed by atoms with Crippen LogP contribution in [0.4, 0.5) is 0 Å². The van der Waals surface area contributed by atoms with Crippen LogP contribution in [0.5, 0.6) is 0 Å². The van der Waals surface area contributed by atoms with Crippen LogP contribution in [0.3, 0.4) is 0 Å². The lowest BCUT2D eigenvalue weighted by Crippen LogP contribution is -2.55. The molecule has 3 saturated heterocycles. The molecule has 1 aromatic carbocycles. The lowest BCUT2D eigenvalue weighted by atomic mass is 9.71. The molecule has 2 N–H and O–H groups in total. The molecule has 1 atom stereocenters. The normalized spacial score (nSPS) is 22.5. The van der Waals surface area contributed by atoms with Crippen molar-refractivity contribution < 1.29 is 9.59 Å². The summed E-state index contributed by atoms with van der Waals surface area (Å²) in [6.07, 6.45) is 7.37. The van der Waals surface area contributed by atoms with Crippen LogP contribution in [0, 0.1) is 5.41 Å². The van der Waals surface area contributed by atoms with Gasteiger partial charge < -0.3 is 10.2 Å². The van der Waals surface area contributed by atoms with Gasteiger partial charge in [0, 0.05) is 28.5 Å². The number of fused-ring (bicyclic) bond motifs is 3. The molecule has 0 radical (unpaired) electrons. The highest BCUT2D eigenvalue weighted by Gasteiger charge is 2.45. The Balaban J connectivity index is 1.47. The molecular formula is C25H33Cl2N5O2. The monoisotopic (exact) mass is 505 g/mol. The van der Waals surface area contributed by atoms with E-state index < -0.39 is 0 Å². The van der Waals surface area contributed by atoms with Gasteiger partial charge in [-0.2, -0.15) is 5.10 Å². The standard InChI is InChI=1S/C25H33Cl2N5O2/c1-2-20(33)6-4-3-5-7-21(28-24(34)25-8-11-32(12-9-25)13-10-25)23-29-22(30-31-23)17-14-18(26)16-19(27)15-17/h14-16,21H,2-13H2,1H3,(H,28,34)(H,29,30,31)/t21-/m0/s1. The van der Waals surface area contributed by atoms with Gasteiger partial charge in [-0.15, -0.1) is 0 Å². The van der Waals surface area contributed by atoms with Gasteiger partial charge in [-0.3, -0.25) is 14.7 Å². The minimum absolute atomic E-state index is 0.127. The molecular weight excluding hydrogens is 473 g/mol. The Kier molecular flexibility index (Phi) is 8.27. The van der Waals surface area contributed by atoms with Gasteiger partial charge in [0.2, 0.25) is 5.91 Å². The van der Waals surface area contributed by atoms with Gasteiger partial charge in [0.1, 0.15) is 11.6 Å². The van der Waals surface area contributed by atoms with Crippen LogP contribution in [-0.4, -0.2) is 51.4 Å². The smallest absolute Gasteiger partial charge is 0.226 e. The van der Waals surface area contributed by atoms with Crippen LogP contribution >= 0.6 is 23.2 Å². The molecule has 3 aliphatic rings. The van der Waals surface area contributed by atoms with E-state index in [1.54, 1.807) is 18.2 Å². The van der Waals surface area contributed by atoms with Gasteiger partial charge >= 0.3 is 0 Å². The quantitative estimate of drug-likeness (QED) is 0.401. The second-order valence-electron chi connectivity index (χ2n) is 9.59. The largest absolute Gasteiger partial charge is 0.346 e. The Morgan fingerprint density at radius 1 is 1.09 bits per heavy atom. The number of H-pyrrole nitrogens is 1. The molecule has 2 aromatic rings. The number of nitrogens with one attached hydrogen (secondary N) is 2. The molecule has 184 valence electrons. The number of aromatic nitrogens is 3. The van der Waals surface area contributed by atoms with E-state index in [2.05, 4.69) is 20.4 Å². The molecule has 34 heavy (non-hydrogen) atoms. The van der Waals surface area contributed by atoms with E-state index >= 15 is 0 Å². The zero-order valence-electron chi connectivity index (χ0n) is 19.7. The average Bonchev–Trinajstić information content (AvgIpc) is 3.34. The number of halogens is 2. The maximum atomic E-state index is 13.5. The summed E-state index contributed by atoms with van der Waals surface area (Å²) in [5.74, 6) is 1.56. The Morgan fingerprint density at radius 3 is 2.41 bits per heavy atom. The lowest BCUT2D eigenvalue weighted by molar-refractivity contribution is -0.139. The molecule has 7 nitrogen and oxygen atoms in total. The van der Waals surface area contributed by atoms with Crippen molar-refractivity contribution in [2.45, 2.75) is 70.8 Å². The number of unbranched alkanes of at least 4 members (excludes halogenated alkanes) is 2. The van der Waals surface area contributed by atoms with E-state index in [0.29, 0.717) is 40.3 Å². The SMILES string of the molecule is CCC(=O)CCCCC[C@H](NC(=O)C12CCN(CC1)CC2)c1nc(-c2cc(Cl)cc(Cl)c2)n[nH]1. The van der Waals surface area contributed by atoms with Gasteiger partial charge in [-0.1, -0.05) is 43.0 Å². The molecule has 0 aliphatic carbocycles. The van der Waals surface area contributed by atoms with Crippen LogP contribution in [0.25, 0.3) is 11.4 Å². The van der Waals surface area contributed by atoms with Crippen molar-refractivity contribution in [3.8, 4) is 11.4 Å². The first kappa shape index (κ1) is 25.1. The molecule has 1 amide bonds. The number of hydrogen-bond donors (Lipinski definition) is 2. The van der Waals surface area contributed by atoms with E-state index in [1.165, 1.54) is 0 Å². The summed E-state index contributed by atoms with van der Waals surface area (Å²) in [6, 6.07) is 4.95. The fourth-order valence-corrected chi connectivity index (χ4v) is 5.55. The topological polar surface area (TPSA) is 91.0 Å². The molecule has 0 unspecified atom stereocenters. The van der Waals surface area contributed by atoms with Crippen LogP contribution < -0.4 is 5.32 Å². The maximum Gasteiger partial charge on any atom is 0.226 e. The number of nitrogens with zero attached hydrogens (tertiary/aromatic N) is 3. The summed E-state index contributed by atoms with van der Waals surface area (Å²) in [6.45, 7) is 4.88. The Morgan fingerprint density at radius 2 is 1.76 bits per heavy atom. The maximum absolute atomic E-state index is 13.5. The molecule has 0 saturated carbocycles. The van der Waals surface area contributed by atoms with Gasteiger partial charge in [-0.25, -0.2) is 4.98 Å². The third kappa shape index (κ3) is 5.99. The van der Waals surface area contributed by atoms with Crippen LogP contribution in [-0.2, 0) is 9.59 Å². The van der Waals surface area contributed by atoms with Crippen molar-refractivity contribution >= 4 is 34.9 Å². The Labute approximate surface area is 211 Å². The zero-order valence-corrected chi connectivity index (χ0v) is 21.2. The van der Waals surface area contributed by atoms with Gasteiger partial charge in [0.25, 0.3) is 0 Å². The van der Waals surface area contributed by atoms with Crippen molar-refractivity contribution in [2.75, 3.05) is 19.6 Å². The van der Waals surface area contributed by atoms with E-state index in [1.807, 2.05) is 6.92 Å². The third-order valence-corrected chi connectivity index (χ3v) is 7.74. The summed E-state index contributed by atoms with van der Waals surface area (Å²) in [7, 11) is 0. The highest BCUT2D eigenvalue weighted by molar-refractivity contribution is 6.35. The van der Waals surface area contributed by atoms with Gasteiger partial charge in [-0.05, 0) is 69.9 Å². The average molecular weight is 506 g/mol. The first-order chi connectivity index (χ1) is 16.4. The Hall–Kier alpha value is -1.96. The summed E-state index contributed by atoms with van der Waals surface area (Å²) in [5.41, 5.74) is 0.450. The predicted octanol–water partition coefficient (Wildman–Crippen LogP) is 5.35. The molecule has 3 aliphatic heterocycles. The molecule has 2 bridgehead atoms. The third-order valence-electron chi connectivity index (χ3n) is 7.30. The van der Waals surface area contributed by atoms with Crippen molar-refractivity contribution in [3.63, 3.8) is 0 Å². The fraction of sp³-hybridized carbons (Fsp3) is 0.600. The number of Topliss-reactive ketones (excluding diaryl/α,β-unsaturated/α-hetero) is 1. The van der Waals surface area contributed by atoms with Crippen molar-refractivity contribution in [1.82, 2.24) is 25.4 Å². The number of aromatic amines is 1. The van der Waals surface area contributed by atoms with Crippen LogP contribution in [0.15, 0.2) is 18.2 Å². The number of hydrogen-bond acceptors (Lipinski definition) is 5. The molecule has 0 spiro atoms. The molecule has 1 aromatic heterocycles. The first-order valence-electron chi connectivity index (χ1n) is 12.3. The minimum atomic E-state index is -0.274. The first-order valence-corrected chi connectivity index (χ1v) is 13.1. The highest BCUT2D eigenvalue weighted by atomic mass is 35.5. The number of amides is 1. The molecule has 5 rings (SSSR count). The van der Waals surface area contributed by atoms with Crippen molar-refractivity contribution in [3.05, 3.63) is 34.1 Å². The number of carbonyl (C=O) groups excluding carboxylic acids is 2. The second-order valence-corrected chi connectivity index (χ2v) is 10.5. The molecule has 4 heterocycles. The summed E-state index contributed by atoms with van der Waals surface area (Å²) in [5, 5.41) is 11.8. The summed E-state index contributed by atoms with van der Waals surface area (Å²) in [4.78, 5) is 32.2. The number of piperidine rings is 3. The van der Waals surface area contributed by atoms with Gasteiger partial charge in [0.05, 0.1) is 11.5 Å². The van der Waals surface area contributed by atoms with E-state index in [-0.39, 0.29) is 17.4 Å². The van der Waals surface area contributed by atoms with Gasteiger partial charge in [0.15, 0.2) is 5.82 Å². The molecule has 3 fully saturated rings. The summed E-state index contributed by atoms with van der Waals surface area (Å²) >= 11 is 12.3. The van der Waals surface area contributed by atoms with E-state index in [4.69, 9.17) is 28.2 Å². The minimum Gasteiger partial charge on any atom is -0.346 e. The number of rotatable bonds is 11. The van der Waals surface area contributed by atoms with E-state index in [9.17, 15) is 9.59 Å². The highest BCUT2D eigenvalue weighted by Crippen LogP contribution is 2.41. The lowest BCUT2D eigenvalue weighted by Gasteiger charge is -2.47.